The summed E-state index contributed by atoms with van der Waals surface area (Å²) < 4.78 is 26.9. The average Bonchev–Trinajstić information content (AvgIpc) is 2.54. The van der Waals surface area contributed by atoms with Gasteiger partial charge in [0.25, 0.3) is 0 Å². The molecular formula is C16H34O6. The van der Waals surface area contributed by atoms with Gasteiger partial charge in [-0.3, -0.25) is 0 Å². The van der Waals surface area contributed by atoms with Crippen LogP contribution in [0.15, 0.2) is 0 Å². The summed E-state index contributed by atoms with van der Waals surface area (Å²) in [6.45, 7) is 9.25. The van der Waals surface area contributed by atoms with Gasteiger partial charge in [-0.05, 0) is 12.8 Å². The molecule has 1 atom stereocenters. The number of ether oxygens (including phenoxy) is 5. The van der Waals surface area contributed by atoms with Gasteiger partial charge in [0.15, 0.2) is 0 Å². The van der Waals surface area contributed by atoms with Crippen molar-refractivity contribution in [3.8, 4) is 0 Å². The zero-order valence-electron chi connectivity index (χ0n) is 14.3. The highest BCUT2D eigenvalue weighted by Gasteiger charge is 2.04. The lowest BCUT2D eigenvalue weighted by molar-refractivity contribution is -0.0256. The van der Waals surface area contributed by atoms with Gasteiger partial charge in [-0.1, -0.05) is 20.3 Å². The molecular weight excluding hydrogens is 288 g/mol. The van der Waals surface area contributed by atoms with Crippen molar-refractivity contribution < 1.29 is 28.8 Å². The first-order chi connectivity index (χ1) is 10.8. The highest BCUT2D eigenvalue weighted by molar-refractivity contribution is 4.53. The third-order valence-electron chi connectivity index (χ3n) is 3.00. The zero-order chi connectivity index (χ0) is 16.3. The van der Waals surface area contributed by atoms with Crippen LogP contribution < -0.4 is 0 Å². The van der Waals surface area contributed by atoms with Crippen molar-refractivity contribution in [1.29, 1.82) is 0 Å². The molecule has 0 aliphatic heterocycles. The fourth-order valence-corrected chi connectivity index (χ4v) is 1.83. The summed E-state index contributed by atoms with van der Waals surface area (Å²) >= 11 is 0. The molecule has 0 rings (SSSR count). The van der Waals surface area contributed by atoms with Crippen molar-refractivity contribution in [3.05, 3.63) is 0 Å². The van der Waals surface area contributed by atoms with Crippen LogP contribution in [0.1, 0.15) is 33.1 Å². The second-order valence-electron chi connectivity index (χ2n) is 4.86. The molecule has 0 radical (unpaired) electrons. The van der Waals surface area contributed by atoms with Crippen molar-refractivity contribution in [2.45, 2.75) is 39.2 Å². The van der Waals surface area contributed by atoms with Gasteiger partial charge in [0.1, 0.15) is 0 Å². The van der Waals surface area contributed by atoms with Crippen molar-refractivity contribution in [1.82, 2.24) is 0 Å². The van der Waals surface area contributed by atoms with E-state index in [0.29, 0.717) is 65.6 Å². The van der Waals surface area contributed by atoms with Crippen LogP contribution in [-0.2, 0) is 23.7 Å². The maximum Gasteiger partial charge on any atom is 0.0704 e. The Hall–Kier alpha value is -0.240. The normalized spacial score (nSPS) is 12.7. The molecule has 0 aromatic rings. The Balaban J connectivity index is 3.08. The van der Waals surface area contributed by atoms with Crippen LogP contribution in [0.25, 0.3) is 0 Å². The standard InChI is InChI=1S/C16H34O6/c1-3-5-16(4-2)22-15-14-21-13-12-20-11-10-19-9-8-18-7-6-17/h16-17H,3-15H2,1-2H3. The molecule has 6 nitrogen and oxygen atoms in total. The lowest BCUT2D eigenvalue weighted by Crippen LogP contribution is -2.17. The van der Waals surface area contributed by atoms with Crippen molar-refractivity contribution in [2.24, 2.45) is 0 Å². The van der Waals surface area contributed by atoms with Gasteiger partial charge in [0.05, 0.1) is 72.2 Å². The minimum absolute atomic E-state index is 0.0475. The van der Waals surface area contributed by atoms with Gasteiger partial charge in [-0.25, -0.2) is 0 Å². The molecule has 1 unspecified atom stereocenters. The fraction of sp³-hybridized carbons (Fsp3) is 1.00. The van der Waals surface area contributed by atoms with Crippen LogP contribution in [0.4, 0.5) is 0 Å². The minimum Gasteiger partial charge on any atom is -0.394 e. The average molecular weight is 322 g/mol. The van der Waals surface area contributed by atoms with E-state index < -0.39 is 0 Å². The van der Waals surface area contributed by atoms with E-state index in [1.807, 2.05) is 0 Å². The molecule has 0 spiro atoms. The Morgan fingerprint density at radius 3 is 1.55 bits per heavy atom. The molecule has 0 aliphatic carbocycles. The lowest BCUT2D eigenvalue weighted by atomic mass is 10.2. The summed E-state index contributed by atoms with van der Waals surface area (Å²) in [5.74, 6) is 0. The lowest BCUT2D eigenvalue weighted by Gasteiger charge is -2.15. The van der Waals surface area contributed by atoms with E-state index in [1.165, 1.54) is 0 Å². The molecule has 0 saturated heterocycles. The Morgan fingerprint density at radius 2 is 1.14 bits per heavy atom. The van der Waals surface area contributed by atoms with Crippen LogP contribution in [0.3, 0.4) is 0 Å². The van der Waals surface area contributed by atoms with Crippen molar-refractivity contribution >= 4 is 0 Å². The molecule has 0 aromatic heterocycles. The molecule has 0 aromatic carbocycles. The Kier molecular flexibility index (Phi) is 18.6. The van der Waals surface area contributed by atoms with Gasteiger partial charge in [0.2, 0.25) is 0 Å². The van der Waals surface area contributed by atoms with E-state index in [1.54, 1.807) is 0 Å². The highest BCUT2D eigenvalue weighted by atomic mass is 16.6. The molecule has 0 heterocycles. The molecule has 0 fully saturated rings. The van der Waals surface area contributed by atoms with Gasteiger partial charge >= 0.3 is 0 Å². The summed E-state index contributed by atoms with van der Waals surface area (Å²) in [4.78, 5) is 0. The van der Waals surface area contributed by atoms with E-state index in [0.717, 1.165) is 19.3 Å². The SMILES string of the molecule is CCCC(CC)OCCOCCOCCOCCOCCO. The molecule has 0 saturated carbocycles. The summed E-state index contributed by atoms with van der Waals surface area (Å²) in [5, 5.41) is 8.50. The largest absolute Gasteiger partial charge is 0.394 e. The number of hydrogen-bond donors (Lipinski definition) is 1. The van der Waals surface area contributed by atoms with Gasteiger partial charge < -0.3 is 28.8 Å². The maximum absolute atomic E-state index is 8.50. The number of hydrogen-bond acceptors (Lipinski definition) is 6. The topological polar surface area (TPSA) is 66.4 Å². The van der Waals surface area contributed by atoms with Crippen molar-refractivity contribution in [3.63, 3.8) is 0 Å². The van der Waals surface area contributed by atoms with E-state index >= 15 is 0 Å². The molecule has 6 heteroatoms. The molecule has 22 heavy (non-hydrogen) atoms. The van der Waals surface area contributed by atoms with Crippen LogP contribution >= 0.6 is 0 Å². The van der Waals surface area contributed by atoms with E-state index in [2.05, 4.69) is 13.8 Å². The molecule has 0 aliphatic rings. The Labute approximate surface area is 135 Å². The van der Waals surface area contributed by atoms with E-state index in [-0.39, 0.29) is 6.61 Å². The van der Waals surface area contributed by atoms with Gasteiger partial charge in [-0.15, -0.1) is 0 Å². The quantitative estimate of drug-likeness (QED) is 0.387. The summed E-state index contributed by atoms with van der Waals surface area (Å²) in [6.07, 6.45) is 3.69. The molecule has 1 N–H and O–H groups in total. The second-order valence-corrected chi connectivity index (χ2v) is 4.86. The summed E-state index contributed by atoms with van der Waals surface area (Å²) in [5.41, 5.74) is 0. The predicted octanol–water partition coefficient (Wildman–Crippen LogP) is 1.64. The first-order valence-electron chi connectivity index (χ1n) is 8.38. The molecule has 0 amide bonds. The Bertz CT molecular complexity index is 203. The Morgan fingerprint density at radius 1 is 0.682 bits per heavy atom. The monoisotopic (exact) mass is 322 g/mol. The smallest absolute Gasteiger partial charge is 0.0704 e. The van der Waals surface area contributed by atoms with Crippen LogP contribution in [0.2, 0.25) is 0 Å². The van der Waals surface area contributed by atoms with Gasteiger partial charge in [-0.2, -0.15) is 0 Å². The first-order valence-corrected chi connectivity index (χ1v) is 8.38. The van der Waals surface area contributed by atoms with Crippen molar-refractivity contribution in [2.75, 3.05) is 66.1 Å². The van der Waals surface area contributed by atoms with E-state index in [9.17, 15) is 0 Å². The first kappa shape index (κ1) is 21.8. The highest BCUT2D eigenvalue weighted by Crippen LogP contribution is 2.05. The number of rotatable bonds is 18. The maximum atomic E-state index is 8.50. The van der Waals surface area contributed by atoms with Crippen LogP contribution in [0.5, 0.6) is 0 Å². The second kappa shape index (κ2) is 18.8. The predicted molar refractivity (Wildman–Crippen MR) is 85.3 cm³/mol. The molecule has 134 valence electrons. The molecule has 0 bridgehead atoms. The minimum atomic E-state index is 0.0475. The fourth-order valence-electron chi connectivity index (χ4n) is 1.83. The van der Waals surface area contributed by atoms with Crippen LogP contribution in [0, 0.1) is 0 Å². The zero-order valence-corrected chi connectivity index (χ0v) is 14.3. The van der Waals surface area contributed by atoms with Crippen LogP contribution in [-0.4, -0.2) is 77.3 Å². The van der Waals surface area contributed by atoms with Gasteiger partial charge in [0, 0.05) is 0 Å². The third-order valence-corrected chi connectivity index (χ3v) is 3.00. The van der Waals surface area contributed by atoms with E-state index in [4.69, 9.17) is 28.8 Å². The third kappa shape index (κ3) is 16.1. The number of aliphatic hydroxyl groups is 1. The summed E-state index contributed by atoms with van der Waals surface area (Å²) in [6, 6.07) is 0. The number of aliphatic hydroxyl groups excluding tert-OH is 1. The summed E-state index contributed by atoms with van der Waals surface area (Å²) in [7, 11) is 0.